The first-order valence-corrected chi connectivity index (χ1v) is 19.5. The number of carbonyl (C=O) groups is 3. The van der Waals surface area contributed by atoms with Gasteiger partial charge in [0.1, 0.15) is 12.2 Å². The van der Waals surface area contributed by atoms with E-state index in [4.69, 9.17) is 18.9 Å². The minimum Gasteiger partial charge on any atom is -0.462 e. The SMILES string of the molecule is CC(=O)O[C@H]1CC[C@]2(C)[C@H]3CC=C4[C@@H]5C(C)[C@H](C)CC[C@]5(C(=O)OC(C)OC(=O)OC5CCCCC5)CC[C@@]4(C)[C@]3(C)CC[C@H]2C1(C)C. The maximum atomic E-state index is 14.4. The smallest absolute Gasteiger partial charge is 0.462 e. The standard InChI is InChI=1S/C41H64O7/c1-25-17-22-41(35(43)46-28(4)47-36(44)48-29-13-11-10-12-14-29)24-23-39(8)30(34(41)26(25)2)15-16-32-38(7)20-19-33(45-27(3)42)37(5,6)31(38)18-21-40(32,39)9/h15,25-26,28-29,31-34H,10-14,16-24H2,1-9H3/t25-,26?,28?,31+,32-,33+,34+,38+,39-,40-,41+/m1/s1. The van der Waals surface area contributed by atoms with Crippen molar-refractivity contribution in [3.63, 3.8) is 0 Å². The summed E-state index contributed by atoms with van der Waals surface area (Å²) in [5.74, 6) is 1.58. The fraction of sp³-hybridized carbons (Fsp3) is 0.878. The number of ether oxygens (including phenoxy) is 4. The molecule has 5 saturated carbocycles. The molecule has 0 saturated heterocycles. The fourth-order valence-electron chi connectivity index (χ4n) is 13.0. The van der Waals surface area contributed by atoms with Crippen molar-refractivity contribution in [2.75, 3.05) is 0 Å². The third kappa shape index (κ3) is 5.54. The molecule has 11 atom stereocenters. The topological polar surface area (TPSA) is 88.1 Å². The summed E-state index contributed by atoms with van der Waals surface area (Å²) in [5.41, 5.74) is 1.02. The number of esters is 2. The van der Waals surface area contributed by atoms with Crippen molar-refractivity contribution < 1.29 is 33.3 Å². The van der Waals surface area contributed by atoms with Crippen LogP contribution in [0.2, 0.25) is 0 Å². The van der Waals surface area contributed by atoms with E-state index in [0.717, 1.165) is 83.5 Å². The van der Waals surface area contributed by atoms with Crippen LogP contribution < -0.4 is 0 Å². The molecule has 7 nitrogen and oxygen atoms in total. The summed E-state index contributed by atoms with van der Waals surface area (Å²) in [7, 11) is 0. The van der Waals surface area contributed by atoms with Gasteiger partial charge in [0.05, 0.1) is 5.41 Å². The van der Waals surface area contributed by atoms with Crippen LogP contribution in [0.3, 0.4) is 0 Å². The van der Waals surface area contributed by atoms with E-state index >= 15 is 0 Å². The number of carbonyl (C=O) groups excluding carboxylic acids is 3. The van der Waals surface area contributed by atoms with Gasteiger partial charge >= 0.3 is 18.1 Å². The fourth-order valence-corrected chi connectivity index (χ4v) is 13.0. The van der Waals surface area contributed by atoms with E-state index in [1.807, 2.05) is 0 Å². The van der Waals surface area contributed by atoms with Crippen LogP contribution in [0.5, 0.6) is 0 Å². The molecule has 6 aliphatic carbocycles. The zero-order valence-corrected chi connectivity index (χ0v) is 31.5. The summed E-state index contributed by atoms with van der Waals surface area (Å²) >= 11 is 0. The molecule has 0 aromatic heterocycles. The van der Waals surface area contributed by atoms with Crippen molar-refractivity contribution in [3.05, 3.63) is 11.6 Å². The molecule has 0 aliphatic heterocycles. The van der Waals surface area contributed by atoms with E-state index in [0.29, 0.717) is 23.7 Å². The third-order valence-corrected chi connectivity index (χ3v) is 16.0. The molecular weight excluding hydrogens is 604 g/mol. The number of allylic oxidation sites excluding steroid dienone is 2. The van der Waals surface area contributed by atoms with Crippen LogP contribution in [0.1, 0.15) is 152 Å². The lowest BCUT2D eigenvalue weighted by atomic mass is 9.33. The molecule has 0 aromatic rings. The molecular formula is C41H64O7. The van der Waals surface area contributed by atoms with E-state index in [2.05, 4.69) is 54.5 Å². The van der Waals surface area contributed by atoms with Crippen molar-refractivity contribution in [3.8, 4) is 0 Å². The first-order valence-electron chi connectivity index (χ1n) is 19.5. The van der Waals surface area contributed by atoms with Gasteiger partial charge in [-0.3, -0.25) is 9.59 Å². The van der Waals surface area contributed by atoms with E-state index < -0.39 is 17.9 Å². The highest BCUT2D eigenvalue weighted by Gasteiger charge is 2.70. The minimum absolute atomic E-state index is 0.0214. The highest BCUT2D eigenvalue weighted by atomic mass is 16.8. The average Bonchev–Trinajstić information content (AvgIpc) is 3.01. The van der Waals surface area contributed by atoms with E-state index in [-0.39, 0.29) is 51.7 Å². The molecule has 0 aromatic carbocycles. The van der Waals surface area contributed by atoms with Gasteiger partial charge in [-0.05, 0) is 129 Å². The van der Waals surface area contributed by atoms with E-state index in [1.165, 1.54) is 12.0 Å². The highest BCUT2D eigenvalue weighted by molar-refractivity contribution is 5.79. The Labute approximate surface area is 290 Å². The highest BCUT2D eigenvalue weighted by Crippen LogP contribution is 2.76. The Morgan fingerprint density at radius 1 is 0.792 bits per heavy atom. The van der Waals surface area contributed by atoms with Gasteiger partial charge in [-0.2, -0.15) is 0 Å². The maximum absolute atomic E-state index is 14.4. The Hall–Kier alpha value is -2.05. The minimum atomic E-state index is -0.991. The van der Waals surface area contributed by atoms with Gasteiger partial charge < -0.3 is 18.9 Å². The lowest BCUT2D eigenvalue weighted by Crippen LogP contribution is -2.65. The van der Waals surface area contributed by atoms with Crippen molar-refractivity contribution >= 4 is 18.1 Å². The summed E-state index contributed by atoms with van der Waals surface area (Å²) in [6.45, 7) is 20.2. The Morgan fingerprint density at radius 3 is 2.19 bits per heavy atom. The van der Waals surface area contributed by atoms with Crippen LogP contribution in [0.15, 0.2) is 11.6 Å². The molecule has 2 unspecified atom stereocenters. The number of hydrogen-bond donors (Lipinski definition) is 0. The monoisotopic (exact) mass is 668 g/mol. The Bertz CT molecular complexity index is 1300. The summed E-state index contributed by atoms with van der Waals surface area (Å²) < 4.78 is 23.1. The Morgan fingerprint density at radius 2 is 1.50 bits per heavy atom. The molecule has 6 aliphatic rings. The van der Waals surface area contributed by atoms with E-state index in [9.17, 15) is 14.4 Å². The zero-order valence-electron chi connectivity index (χ0n) is 31.5. The molecule has 6 rings (SSSR count). The molecule has 270 valence electrons. The summed E-state index contributed by atoms with van der Waals surface area (Å²) in [6, 6.07) is 0. The molecule has 0 amide bonds. The molecule has 48 heavy (non-hydrogen) atoms. The van der Waals surface area contributed by atoms with Crippen LogP contribution in [0, 0.1) is 56.7 Å². The van der Waals surface area contributed by atoms with Gasteiger partial charge in [-0.1, -0.05) is 66.5 Å². The second-order valence-corrected chi connectivity index (χ2v) is 18.5. The summed E-state index contributed by atoms with van der Waals surface area (Å²) in [5, 5.41) is 0. The quantitative estimate of drug-likeness (QED) is 0.125. The van der Waals surface area contributed by atoms with Crippen LogP contribution in [0.25, 0.3) is 0 Å². The Balaban J connectivity index is 1.26. The van der Waals surface area contributed by atoms with Crippen molar-refractivity contribution in [2.24, 2.45) is 56.7 Å². The van der Waals surface area contributed by atoms with Gasteiger partial charge in [-0.15, -0.1) is 0 Å². The molecule has 0 bridgehead atoms. The third-order valence-electron chi connectivity index (χ3n) is 16.0. The molecule has 0 spiro atoms. The van der Waals surface area contributed by atoms with Crippen LogP contribution >= 0.6 is 0 Å². The first-order chi connectivity index (χ1) is 22.5. The van der Waals surface area contributed by atoms with Gasteiger partial charge in [0.2, 0.25) is 6.29 Å². The zero-order chi connectivity index (χ0) is 34.9. The second-order valence-electron chi connectivity index (χ2n) is 18.5. The number of fused-ring (bicyclic) bond motifs is 7. The second kappa shape index (κ2) is 12.6. The van der Waals surface area contributed by atoms with Gasteiger partial charge in [0, 0.05) is 19.3 Å². The largest absolute Gasteiger partial charge is 0.511 e. The van der Waals surface area contributed by atoms with Crippen LogP contribution in [-0.2, 0) is 28.5 Å². The molecule has 0 radical (unpaired) electrons. The van der Waals surface area contributed by atoms with Gasteiger partial charge in [0.15, 0.2) is 0 Å². The molecule has 0 N–H and O–H groups in total. The predicted octanol–water partition coefficient (Wildman–Crippen LogP) is 9.95. The maximum Gasteiger partial charge on any atom is 0.511 e. The van der Waals surface area contributed by atoms with Crippen LogP contribution in [0.4, 0.5) is 4.79 Å². The predicted molar refractivity (Wildman–Crippen MR) is 185 cm³/mol. The average molecular weight is 669 g/mol. The molecule has 0 heterocycles. The molecule has 7 heteroatoms. The first kappa shape index (κ1) is 35.8. The normalized spacial score (nSPS) is 44.3. The summed E-state index contributed by atoms with van der Waals surface area (Å²) in [6.07, 6.45) is 14.6. The van der Waals surface area contributed by atoms with E-state index in [1.54, 1.807) is 13.8 Å². The lowest BCUT2D eigenvalue weighted by molar-refractivity contribution is -0.217. The van der Waals surface area contributed by atoms with Gasteiger partial charge in [-0.25, -0.2) is 4.79 Å². The molecule has 5 fully saturated rings. The van der Waals surface area contributed by atoms with Gasteiger partial charge in [0.25, 0.3) is 0 Å². The number of rotatable bonds is 5. The Kier molecular flexibility index (Phi) is 9.40. The van der Waals surface area contributed by atoms with Crippen LogP contribution in [-0.4, -0.2) is 36.6 Å². The summed E-state index contributed by atoms with van der Waals surface area (Å²) in [4.78, 5) is 39.1. The van der Waals surface area contributed by atoms with Crippen molar-refractivity contribution in [1.29, 1.82) is 0 Å². The number of hydrogen-bond acceptors (Lipinski definition) is 7. The van der Waals surface area contributed by atoms with Crippen molar-refractivity contribution in [2.45, 2.75) is 171 Å². The lowest BCUT2D eigenvalue weighted by Gasteiger charge is -2.71. The van der Waals surface area contributed by atoms with Crippen molar-refractivity contribution in [1.82, 2.24) is 0 Å².